The summed E-state index contributed by atoms with van der Waals surface area (Å²) in [7, 11) is 0. The number of carbonyl (C=O) groups is 2. The van der Waals surface area contributed by atoms with Crippen LogP contribution in [0.15, 0.2) is 60.9 Å². The number of hydrogen-bond donors (Lipinski definition) is 2. The van der Waals surface area contributed by atoms with E-state index in [1.54, 1.807) is 37.4 Å². The van der Waals surface area contributed by atoms with E-state index in [1.807, 2.05) is 18.2 Å². The predicted octanol–water partition coefficient (Wildman–Crippen LogP) is 3.31. The van der Waals surface area contributed by atoms with E-state index in [0.717, 1.165) is 5.69 Å². The summed E-state index contributed by atoms with van der Waals surface area (Å²) in [6.45, 7) is 1.99. The van der Waals surface area contributed by atoms with E-state index in [-0.39, 0.29) is 11.1 Å². The molecule has 136 valence electrons. The molecule has 0 saturated heterocycles. The van der Waals surface area contributed by atoms with Gasteiger partial charge in [0.25, 0.3) is 5.91 Å². The second-order valence-electron chi connectivity index (χ2n) is 5.75. The van der Waals surface area contributed by atoms with Crippen molar-refractivity contribution in [2.75, 3.05) is 5.32 Å². The molecule has 3 rings (SSSR count). The molecule has 0 atom stereocenters. The number of aromatic carboxylic acids is 1. The number of benzene rings is 1. The first-order chi connectivity index (χ1) is 13.0. The summed E-state index contributed by atoms with van der Waals surface area (Å²) in [5.74, 6) is -0.916. The first kappa shape index (κ1) is 18.1. The summed E-state index contributed by atoms with van der Waals surface area (Å²) in [6.07, 6.45) is 2.93. The minimum atomic E-state index is -1.13. The Balaban J connectivity index is 1.65. The topological polar surface area (TPSA) is 101 Å². The molecule has 7 nitrogen and oxygen atoms in total. The van der Waals surface area contributed by atoms with Gasteiger partial charge in [0, 0.05) is 18.1 Å². The molecule has 2 N–H and O–H groups in total. The van der Waals surface area contributed by atoms with Crippen molar-refractivity contribution in [2.24, 2.45) is 0 Å². The zero-order valence-electron chi connectivity index (χ0n) is 14.5. The number of aryl methyl sites for hydroxylation is 1. The quantitative estimate of drug-likeness (QED) is 0.697. The van der Waals surface area contributed by atoms with E-state index < -0.39 is 11.9 Å². The van der Waals surface area contributed by atoms with Crippen LogP contribution in [0.2, 0.25) is 0 Å². The summed E-state index contributed by atoms with van der Waals surface area (Å²) in [6, 6.07) is 13.8. The highest BCUT2D eigenvalue weighted by Gasteiger charge is 2.14. The van der Waals surface area contributed by atoms with Crippen molar-refractivity contribution < 1.29 is 19.4 Å². The highest BCUT2D eigenvalue weighted by Crippen LogP contribution is 2.18. The third kappa shape index (κ3) is 4.66. The van der Waals surface area contributed by atoms with Gasteiger partial charge in [0.2, 0.25) is 0 Å². The Bertz CT molecular complexity index is 957. The molecule has 0 fully saturated rings. The minimum Gasteiger partial charge on any atom is -0.487 e. The third-order valence-electron chi connectivity index (χ3n) is 3.80. The van der Waals surface area contributed by atoms with Crippen LogP contribution >= 0.6 is 0 Å². The zero-order chi connectivity index (χ0) is 19.2. The summed E-state index contributed by atoms with van der Waals surface area (Å²) >= 11 is 0. The van der Waals surface area contributed by atoms with Crippen LogP contribution in [0.3, 0.4) is 0 Å². The van der Waals surface area contributed by atoms with Crippen LogP contribution in [0.1, 0.15) is 32.1 Å². The fraction of sp³-hybridized carbons (Fsp3) is 0.100. The van der Waals surface area contributed by atoms with Gasteiger partial charge in [-0.2, -0.15) is 0 Å². The van der Waals surface area contributed by atoms with Crippen LogP contribution < -0.4 is 10.1 Å². The van der Waals surface area contributed by atoms with E-state index in [4.69, 9.17) is 9.84 Å². The highest BCUT2D eigenvalue weighted by atomic mass is 16.5. The highest BCUT2D eigenvalue weighted by molar-refractivity contribution is 6.06. The first-order valence-corrected chi connectivity index (χ1v) is 8.17. The van der Waals surface area contributed by atoms with Crippen LogP contribution in [0.4, 0.5) is 5.69 Å². The maximum Gasteiger partial charge on any atom is 0.337 e. The molecule has 0 aliphatic heterocycles. The van der Waals surface area contributed by atoms with Gasteiger partial charge in [0.1, 0.15) is 12.4 Å². The summed E-state index contributed by atoms with van der Waals surface area (Å²) in [5.41, 5.74) is 2.00. The lowest BCUT2D eigenvalue weighted by Crippen LogP contribution is -2.15. The third-order valence-corrected chi connectivity index (χ3v) is 3.80. The lowest BCUT2D eigenvalue weighted by Gasteiger charge is -2.09. The smallest absolute Gasteiger partial charge is 0.337 e. The number of carbonyl (C=O) groups excluding carboxylic acids is 1. The van der Waals surface area contributed by atoms with E-state index in [9.17, 15) is 9.59 Å². The monoisotopic (exact) mass is 363 g/mol. The molecular formula is C20H17N3O4. The largest absolute Gasteiger partial charge is 0.487 e. The van der Waals surface area contributed by atoms with Crippen molar-refractivity contribution in [1.29, 1.82) is 0 Å². The number of carboxylic acid groups (broad SMARTS) is 1. The number of carboxylic acids is 1. The molecule has 1 amide bonds. The second kappa shape index (κ2) is 8.09. The van der Waals surface area contributed by atoms with Crippen LogP contribution in [-0.2, 0) is 6.61 Å². The number of rotatable bonds is 6. The number of nitrogens with one attached hydrogen (secondary N) is 1. The normalized spacial score (nSPS) is 10.3. The van der Waals surface area contributed by atoms with E-state index in [2.05, 4.69) is 15.3 Å². The van der Waals surface area contributed by atoms with E-state index in [0.29, 0.717) is 23.7 Å². The Morgan fingerprint density at radius 2 is 1.89 bits per heavy atom. The predicted molar refractivity (Wildman–Crippen MR) is 98.9 cm³/mol. The maximum absolute atomic E-state index is 12.4. The number of pyridine rings is 2. The zero-order valence-corrected chi connectivity index (χ0v) is 14.5. The van der Waals surface area contributed by atoms with Crippen LogP contribution in [-0.4, -0.2) is 27.0 Å². The Hall–Kier alpha value is -3.74. The van der Waals surface area contributed by atoms with E-state index >= 15 is 0 Å². The number of aromatic nitrogens is 2. The van der Waals surface area contributed by atoms with Gasteiger partial charge < -0.3 is 15.2 Å². The number of ether oxygens (including phenoxy) is 1. The van der Waals surface area contributed by atoms with Crippen LogP contribution in [0, 0.1) is 6.92 Å². The van der Waals surface area contributed by atoms with Gasteiger partial charge in [-0.1, -0.05) is 6.07 Å². The molecule has 7 heteroatoms. The van der Waals surface area contributed by atoms with Gasteiger partial charge in [-0.3, -0.25) is 14.8 Å². The maximum atomic E-state index is 12.4. The lowest BCUT2D eigenvalue weighted by atomic mass is 10.1. The van der Waals surface area contributed by atoms with Crippen molar-refractivity contribution >= 4 is 17.6 Å². The first-order valence-electron chi connectivity index (χ1n) is 8.17. The molecule has 2 heterocycles. The minimum absolute atomic E-state index is 0.0379. The summed E-state index contributed by atoms with van der Waals surface area (Å²) < 4.78 is 5.65. The fourth-order valence-electron chi connectivity index (χ4n) is 2.35. The summed E-state index contributed by atoms with van der Waals surface area (Å²) in [4.78, 5) is 31.6. The Morgan fingerprint density at radius 3 is 2.56 bits per heavy atom. The number of anilines is 1. The van der Waals surface area contributed by atoms with Crippen molar-refractivity contribution in [3.63, 3.8) is 0 Å². The molecule has 3 aromatic rings. The van der Waals surface area contributed by atoms with Crippen molar-refractivity contribution in [1.82, 2.24) is 9.97 Å². The summed E-state index contributed by atoms with van der Waals surface area (Å²) in [5, 5.41) is 11.8. The Labute approximate surface area is 155 Å². The van der Waals surface area contributed by atoms with Gasteiger partial charge in [-0.25, -0.2) is 4.79 Å². The fourth-order valence-corrected chi connectivity index (χ4v) is 2.35. The number of hydrogen-bond acceptors (Lipinski definition) is 5. The SMILES string of the molecule is Cc1ncc(C(=O)O)cc1C(=O)Nc1ccc(OCc2ccccn2)cc1. The molecule has 27 heavy (non-hydrogen) atoms. The van der Waals surface area contributed by atoms with Gasteiger partial charge in [-0.15, -0.1) is 0 Å². The molecule has 0 bridgehead atoms. The van der Waals surface area contributed by atoms with Gasteiger partial charge in [0.05, 0.1) is 22.5 Å². The second-order valence-corrected chi connectivity index (χ2v) is 5.75. The molecule has 0 unspecified atom stereocenters. The van der Waals surface area contributed by atoms with Crippen molar-refractivity contribution in [3.8, 4) is 5.75 Å². The molecule has 0 spiro atoms. The molecule has 1 aromatic carbocycles. The van der Waals surface area contributed by atoms with Gasteiger partial charge in [-0.05, 0) is 49.4 Å². The molecule has 0 aliphatic carbocycles. The van der Waals surface area contributed by atoms with E-state index in [1.165, 1.54) is 12.3 Å². The van der Waals surface area contributed by atoms with Gasteiger partial charge >= 0.3 is 5.97 Å². The molecule has 2 aromatic heterocycles. The molecule has 0 radical (unpaired) electrons. The number of amides is 1. The van der Waals surface area contributed by atoms with Gasteiger partial charge in [0.15, 0.2) is 0 Å². The standard InChI is InChI=1S/C20H17N3O4/c1-13-18(10-14(11-22-13)20(25)26)19(24)23-15-5-7-17(8-6-15)27-12-16-4-2-3-9-21-16/h2-11H,12H2,1H3,(H,23,24)(H,25,26). The van der Waals surface area contributed by atoms with Crippen molar-refractivity contribution in [2.45, 2.75) is 13.5 Å². The molecule has 0 saturated carbocycles. The van der Waals surface area contributed by atoms with Crippen LogP contribution in [0.5, 0.6) is 5.75 Å². The molecule has 0 aliphatic rings. The Kier molecular flexibility index (Phi) is 5.41. The Morgan fingerprint density at radius 1 is 1.11 bits per heavy atom. The van der Waals surface area contributed by atoms with Crippen molar-refractivity contribution in [3.05, 3.63) is 83.4 Å². The number of nitrogens with zero attached hydrogens (tertiary/aromatic N) is 2. The average molecular weight is 363 g/mol. The molecular weight excluding hydrogens is 346 g/mol. The average Bonchev–Trinajstić information content (AvgIpc) is 2.68. The van der Waals surface area contributed by atoms with Crippen LogP contribution in [0.25, 0.3) is 0 Å². The lowest BCUT2D eigenvalue weighted by molar-refractivity contribution is 0.0696.